The van der Waals surface area contributed by atoms with Gasteiger partial charge in [0, 0.05) is 0 Å². The fraction of sp³-hybridized carbons (Fsp3) is 1.00. The van der Waals surface area contributed by atoms with E-state index >= 15 is 0 Å². The Morgan fingerprint density at radius 2 is 1.75 bits per heavy atom. The van der Waals surface area contributed by atoms with Gasteiger partial charge in [0.05, 0.1) is 0 Å². The van der Waals surface area contributed by atoms with Gasteiger partial charge >= 0.3 is 64.5 Å². The summed E-state index contributed by atoms with van der Waals surface area (Å²) in [7, 11) is 0. The molecule has 1 aliphatic rings. The van der Waals surface area contributed by atoms with Gasteiger partial charge in [-0.3, -0.25) is 0 Å². The van der Waals surface area contributed by atoms with E-state index in [1.165, 1.54) is 9.85 Å². The Labute approximate surface area is 64.5 Å². The van der Waals surface area contributed by atoms with Crippen LogP contribution in [0.5, 0.6) is 0 Å². The molecule has 0 bridgehead atoms. The zero-order valence-electron chi connectivity index (χ0n) is 5.82. The summed E-state index contributed by atoms with van der Waals surface area (Å²) in [6, 6.07) is 0. The molecular weight excluding hydrogens is 285 g/mol. The molecule has 0 N–H and O–H groups in total. The minimum atomic E-state index is -0.261. The molecule has 0 aromatic heterocycles. The molecule has 1 heteroatoms. The molecular formula is C7H14Hg. The normalized spacial score (nSPS) is 22.6. The minimum absolute atomic E-state index is 0.261. The van der Waals surface area contributed by atoms with Crippen molar-refractivity contribution >= 4 is 0 Å². The standard InChI is InChI=1S/C6H11.CH3.Hg/c1-2-4-6-5-3-1;;/h1H,2-6H2;1H3;. The van der Waals surface area contributed by atoms with E-state index < -0.39 is 0 Å². The summed E-state index contributed by atoms with van der Waals surface area (Å²) < 4.78 is 3.85. The van der Waals surface area contributed by atoms with E-state index in [2.05, 4.69) is 4.43 Å². The van der Waals surface area contributed by atoms with Crippen LogP contribution in [0.15, 0.2) is 0 Å². The zero-order valence-corrected chi connectivity index (χ0v) is 11.3. The third-order valence-electron chi connectivity index (χ3n) is 2.30. The predicted octanol–water partition coefficient (Wildman–Crippen LogP) is 2.87. The summed E-state index contributed by atoms with van der Waals surface area (Å²) >= 11 is -0.261. The van der Waals surface area contributed by atoms with Crippen molar-refractivity contribution in [1.82, 2.24) is 0 Å². The second-order valence-corrected chi connectivity index (χ2v) is 10.6. The second kappa shape index (κ2) is 3.87. The summed E-state index contributed by atoms with van der Waals surface area (Å²) in [5.74, 6) is 0. The molecule has 1 rings (SSSR count). The molecule has 0 radical (unpaired) electrons. The molecule has 0 amide bonds. The average molecular weight is 299 g/mol. The van der Waals surface area contributed by atoms with Crippen LogP contribution in [0.2, 0.25) is 7.86 Å². The van der Waals surface area contributed by atoms with Gasteiger partial charge in [0.2, 0.25) is 0 Å². The van der Waals surface area contributed by atoms with Crippen LogP contribution >= 0.6 is 0 Å². The van der Waals surface area contributed by atoms with Crippen molar-refractivity contribution in [1.29, 1.82) is 0 Å². The van der Waals surface area contributed by atoms with E-state index in [9.17, 15) is 0 Å². The van der Waals surface area contributed by atoms with Gasteiger partial charge in [-0.25, -0.2) is 0 Å². The van der Waals surface area contributed by atoms with Crippen LogP contribution in [-0.4, -0.2) is 0 Å². The van der Waals surface area contributed by atoms with E-state index in [4.69, 9.17) is 0 Å². The summed E-state index contributed by atoms with van der Waals surface area (Å²) in [6.07, 6.45) is 7.86. The first-order valence-corrected chi connectivity index (χ1v) is 12.6. The summed E-state index contributed by atoms with van der Waals surface area (Å²) in [6.45, 7) is 0. The summed E-state index contributed by atoms with van der Waals surface area (Å²) in [5.41, 5.74) is 0. The van der Waals surface area contributed by atoms with E-state index in [-0.39, 0.29) is 24.6 Å². The topological polar surface area (TPSA) is 0 Å². The summed E-state index contributed by atoms with van der Waals surface area (Å²) in [4.78, 5) is 0. The maximum absolute atomic E-state index is 2.54. The van der Waals surface area contributed by atoms with Crippen molar-refractivity contribution in [3.8, 4) is 0 Å². The summed E-state index contributed by atoms with van der Waals surface area (Å²) in [5, 5.41) is 0. The van der Waals surface area contributed by atoms with E-state index in [1.807, 2.05) is 0 Å². The SMILES string of the molecule is [CH3][Hg][CH]1CCCCC1. The third kappa shape index (κ3) is 2.04. The molecule has 0 aromatic rings. The van der Waals surface area contributed by atoms with E-state index in [0.717, 1.165) is 0 Å². The molecule has 1 fully saturated rings. The fourth-order valence-corrected chi connectivity index (χ4v) is 7.01. The van der Waals surface area contributed by atoms with Gasteiger partial charge in [-0.15, -0.1) is 0 Å². The Bertz CT molecular complexity index is 55.4. The first kappa shape index (κ1) is 7.05. The van der Waals surface area contributed by atoms with Crippen LogP contribution in [0.25, 0.3) is 0 Å². The third-order valence-corrected chi connectivity index (χ3v) is 9.97. The molecule has 0 unspecified atom stereocenters. The Kier molecular flexibility index (Phi) is 3.41. The van der Waals surface area contributed by atoms with Crippen LogP contribution in [0.3, 0.4) is 0 Å². The van der Waals surface area contributed by atoms with Crippen LogP contribution in [0, 0.1) is 0 Å². The van der Waals surface area contributed by atoms with Gasteiger partial charge in [-0.05, 0) is 0 Å². The molecule has 0 aliphatic heterocycles. The number of hydrogen-bond donors (Lipinski definition) is 0. The molecule has 0 aromatic carbocycles. The van der Waals surface area contributed by atoms with Gasteiger partial charge in [0.1, 0.15) is 0 Å². The Hall–Kier alpha value is 0.935. The van der Waals surface area contributed by atoms with Crippen LogP contribution in [0.1, 0.15) is 32.1 Å². The quantitative estimate of drug-likeness (QED) is 0.653. The van der Waals surface area contributed by atoms with Gasteiger partial charge in [-0.2, -0.15) is 0 Å². The number of hydrogen-bond acceptors (Lipinski definition) is 0. The molecule has 1 saturated carbocycles. The van der Waals surface area contributed by atoms with Crippen LogP contribution in [-0.2, 0) is 24.6 Å². The van der Waals surface area contributed by atoms with Crippen LogP contribution < -0.4 is 0 Å². The van der Waals surface area contributed by atoms with Gasteiger partial charge in [-0.1, -0.05) is 0 Å². The Balaban J connectivity index is 2.13. The Morgan fingerprint density at radius 1 is 1.12 bits per heavy atom. The molecule has 8 heavy (non-hydrogen) atoms. The van der Waals surface area contributed by atoms with Crippen molar-refractivity contribution in [2.45, 2.75) is 40.0 Å². The van der Waals surface area contributed by atoms with Crippen molar-refractivity contribution in [2.24, 2.45) is 0 Å². The molecule has 0 heterocycles. The Morgan fingerprint density at radius 3 is 2.12 bits per heavy atom. The number of rotatable bonds is 1. The van der Waals surface area contributed by atoms with Crippen molar-refractivity contribution < 1.29 is 24.6 Å². The monoisotopic (exact) mass is 300 g/mol. The van der Waals surface area contributed by atoms with Crippen molar-refractivity contribution in [3.63, 3.8) is 0 Å². The fourth-order valence-electron chi connectivity index (χ4n) is 1.60. The molecule has 44 valence electrons. The molecule has 1 aliphatic carbocycles. The maximum atomic E-state index is 2.54. The zero-order chi connectivity index (χ0) is 5.82. The molecule has 0 saturated heterocycles. The molecule has 0 nitrogen and oxygen atoms in total. The van der Waals surface area contributed by atoms with Crippen molar-refractivity contribution in [2.75, 3.05) is 0 Å². The van der Waals surface area contributed by atoms with Gasteiger partial charge in [0.25, 0.3) is 0 Å². The van der Waals surface area contributed by atoms with E-state index in [1.54, 1.807) is 25.7 Å². The second-order valence-electron chi connectivity index (χ2n) is 2.91. The predicted molar refractivity (Wildman–Crippen MR) is 32.7 cm³/mol. The van der Waals surface area contributed by atoms with E-state index in [0.29, 0.717) is 0 Å². The van der Waals surface area contributed by atoms with Crippen molar-refractivity contribution in [3.05, 3.63) is 0 Å². The first-order chi connectivity index (χ1) is 3.93. The average Bonchev–Trinajstić information content (AvgIpc) is 1.90. The molecule has 0 spiro atoms. The molecule has 0 atom stereocenters. The van der Waals surface area contributed by atoms with Crippen LogP contribution in [0.4, 0.5) is 0 Å². The van der Waals surface area contributed by atoms with Gasteiger partial charge in [0.15, 0.2) is 0 Å². The first-order valence-electron chi connectivity index (χ1n) is 3.93. The van der Waals surface area contributed by atoms with Gasteiger partial charge < -0.3 is 0 Å².